The minimum absolute atomic E-state index is 0.123. The largest absolute Gasteiger partial charge is 0.495 e. The highest BCUT2D eigenvalue weighted by atomic mass is 16.5. The van der Waals surface area contributed by atoms with Gasteiger partial charge in [0.25, 0.3) is 0 Å². The zero-order valence-corrected chi connectivity index (χ0v) is 11.4. The van der Waals surface area contributed by atoms with E-state index >= 15 is 0 Å². The number of methoxy groups -OCH3 is 1. The molecule has 0 aliphatic rings. The van der Waals surface area contributed by atoms with E-state index in [4.69, 9.17) is 15.6 Å². The summed E-state index contributed by atoms with van der Waals surface area (Å²) in [5.41, 5.74) is 6.45. The van der Waals surface area contributed by atoms with Crippen LogP contribution in [0, 0.1) is 0 Å². The quantitative estimate of drug-likeness (QED) is 0.550. The normalized spacial score (nSPS) is 11.6. The lowest BCUT2D eigenvalue weighted by atomic mass is 10.1. The van der Waals surface area contributed by atoms with Crippen molar-refractivity contribution in [3.05, 3.63) is 29.8 Å². The van der Waals surface area contributed by atoms with E-state index in [-0.39, 0.29) is 12.5 Å². The number of rotatable bonds is 5. The topological polar surface area (TPSA) is 84.6 Å². The summed E-state index contributed by atoms with van der Waals surface area (Å²) in [5, 5.41) is 11.7. The molecule has 0 aliphatic heterocycles. The molecule has 1 aromatic rings. The van der Waals surface area contributed by atoms with Crippen LogP contribution in [0.1, 0.15) is 19.4 Å². The molecule has 1 rings (SSSR count). The smallest absolute Gasteiger partial charge is 0.244 e. The van der Waals surface area contributed by atoms with E-state index in [1.165, 1.54) is 6.08 Å². The van der Waals surface area contributed by atoms with Crippen LogP contribution in [0.4, 0.5) is 5.69 Å². The van der Waals surface area contributed by atoms with Gasteiger partial charge in [-0.05, 0) is 37.6 Å². The van der Waals surface area contributed by atoms with Crippen LogP contribution in [0.15, 0.2) is 24.3 Å². The molecule has 0 atom stereocenters. The van der Waals surface area contributed by atoms with Gasteiger partial charge in [-0.25, -0.2) is 0 Å². The Kier molecular flexibility index (Phi) is 4.94. The zero-order valence-electron chi connectivity index (χ0n) is 11.4. The molecular weight excluding hydrogens is 244 g/mol. The number of carbonyl (C=O) groups is 1. The first-order chi connectivity index (χ1) is 8.88. The lowest BCUT2D eigenvalue weighted by molar-refractivity contribution is -0.118. The lowest BCUT2D eigenvalue weighted by Gasteiger charge is -2.22. The molecule has 0 aromatic heterocycles. The van der Waals surface area contributed by atoms with Crippen molar-refractivity contribution < 1.29 is 14.6 Å². The average molecular weight is 264 g/mol. The van der Waals surface area contributed by atoms with Gasteiger partial charge in [-0.15, -0.1) is 0 Å². The number of anilines is 1. The molecule has 0 saturated carbocycles. The molecule has 0 unspecified atom stereocenters. The first-order valence-corrected chi connectivity index (χ1v) is 5.92. The molecule has 0 spiro atoms. The molecule has 4 N–H and O–H groups in total. The second-order valence-corrected chi connectivity index (χ2v) is 4.87. The Morgan fingerprint density at radius 1 is 1.53 bits per heavy atom. The SMILES string of the molecule is COc1ccc(/C=C\C(=O)NC(C)(C)CO)cc1N. The lowest BCUT2D eigenvalue weighted by Crippen LogP contribution is -2.45. The summed E-state index contributed by atoms with van der Waals surface area (Å²) in [5.74, 6) is 0.330. The van der Waals surface area contributed by atoms with Crippen molar-refractivity contribution in [1.82, 2.24) is 5.32 Å². The number of nitrogens with two attached hydrogens (primary N) is 1. The van der Waals surface area contributed by atoms with Gasteiger partial charge in [-0.3, -0.25) is 4.79 Å². The van der Waals surface area contributed by atoms with E-state index in [9.17, 15) is 4.79 Å². The number of hydrogen-bond acceptors (Lipinski definition) is 4. The highest BCUT2D eigenvalue weighted by molar-refractivity contribution is 5.92. The fourth-order valence-electron chi connectivity index (χ4n) is 1.44. The summed E-state index contributed by atoms with van der Waals surface area (Å²) < 4.78 is 5.05. The number of ether oxygens (including phenoxy) is 1. The number of amides is 1. The maximum atomic E-state index is 11.6. The number of benzene rings is 1. The van der Waals surface area contributed by atoms with E-state index < -0.39 is 5.54 Å². The van der Waals surface area contributed by atoms with Crippen molar-refractivity contribution in [1.29, 1.82) is 0 Å². The van der Waals surface area contributed by atoms with Gasteiger partial charge in [-0.1, -0.05) is 6.07 Å². The second-order valence-electron chi connectivity index (χ2n) is 4.87. The van der Waals surface area contributed by atoms with Gasteiger partial charge in [0, 0.05) is 6.08 Å². The summed E-state index contributed by atoms with van der Waals surface area (Å²) in [4.78, 5) is 11.6. The third-order valence-corrected chi connectivity index (χ3v) is 2.54. The number of aliphatic hydroxyl groups is 1. The first-order valence-electron chi connectivity index (χ1n) is 5.92. The molecule has 5 nitrogen and oxygen atoms in total. The van der Waals surface area contributed by atoms with Crippen LogP contribution in [0.5, 0.6) is 5.75 Å². The van der Waals surface area contributed by atoms with Gasteiger partial charge < -0.3 is 20.9 Å². The van der Waals surface area contributed by atoms with Crippen LogP contribution in [0.2, 0.25) is 0 Å². The fourth-order valence-corrected chi connectivity index (χ4v) is 1.44. The highest BCUT2D eigenvalue weighted by Crippen LogP contribution is 2.22. The van der Waals surface area contributed by atoms with Crippen LogP contribution < -0.4 is 15.8 Å². The van der Waals surface area contributed by atoms with Crippen molar-refractivity contribution in [2.24, 2.45) is 0 Å². The first kappa shape index (κ1) is 15.0. The molecule has 5 heteroatoms. The molecule has 0 bridgehead atoms. The second kappa shape index (κ2) is 6.24. The molecule has 104 valence electrons. The van der Waals surface area contributed by atoms with Crippen molar-refractivity contribution in [3.63, 3.8) is 0 Å². The molecule has 0 aliphatic carbocycles. The molecule has 0 fully saturated rings. The van der Waals surface area contributed by atoms with Crippen LogP contribution in [-0.4, -0.2) is 30.3 Å². The predicted octanol–water partition coefficient (Wildman–Crippen LogP) is 1.18. The molecule has 1 amide bonds. The van der Waals surface area contributed by atoms with Crippen LogP contribution in [0.3, 0.4) is 0 Å². The van der Waals surface area contributed by atoms with Crippen LogP contribution in [0.25, 0.3) is 6.08 Å². The summed E-state index contributed by atoms with van der Waals surface area (Å²) in [6.45, 7) is 3.36. The third-order valence-electron chi connectivity index (χ3n) is 2.54. The number of hydrogen-bond donors (Lipinski definition) is 3. The maximum absolute atomic E-state index is 11.6. The molecular formula is C14H20N2O3. The average Bonchev–Trinajstić information content (AvgIpc) is 2.36. The van der Waals surface area contributed by atoms with Crippen molar-refractivity contribution >= 4 is 17.7 Å². The molecule has 1 aromatic carbocycles. The fraction of sp³-hybridized carbons (Fsp3) is 0.357. The Morgan fingerprint density at radius 3 is 2.74 bits per heavy atom. The van der Waals surface area contributed by atoms with E-state index in [1.54, 1.807) is 45.2 Å². The molecule has 0 radical (unpaired) electrons. The van der Waals surface area contributed by atoms with Crippen molar-refractivity contribution in [2.75, 3.05) is 19.5 Å². The molecule has 0 saturated heterocycles. The maximum Gasteiger partial charge on any atom is 0.244 e. The standard InChI is InChI=1S/C14H20N2O3/c1-14(2,9-17)16-13(18)7-5-10-4-6-12(19-3)11(15)8-10/h4-8,17H,9,15H2,1-3H3,(H,16,18)/b7-5-. The third kappa shape index (κ3) is 4.63. The Morgan fingerprint density at radius 2 is 2.21 bits per heavy atom. The van der Waals surface area contributed by atoms with Crippen molar-refractivity contribution in [3.8, 4) is 5.75 Å². The molecule has 0 heterocycles. The summed E-state index contributed by atoms with van der Waals surface area (Å²) in [6, 6.07) is 5.26. The Hall–Kier alpha value is -2.01. The number of nitrogen functional groups attached to an aromatic ring is 1. The van der Waals surface area contributed by atoms with Gasteiger partial charge >= 0.3 is 0 Å². The predicted molar refractivity (Wildman–Crippen MR) is 75.7 cm³/mol. The van der Waals surface area contributed by atoms with E-state index in [2.05, 4.69) is 5.32 Å². The van der Waals surface area contributed by atoms with Gasteiger partial charge in [-0.2, -0.15) is 0 Å². The van der Waals surface area contributed by atoms with Gasteiger partial charge in [0.1, 0.15) is 5.75 Å². The number of aliphatic hydroxyl groups excluding tert-OH is 1. The monoisotopic (exact) mass is 264 g/mol. The van der Waals surface area contributed by atoms with Gasteiger partial charge in [0.2, 0.25) is 5.91 Å². The van der Waals surface area contributed by atoms with Crippen molar-refractivity contribution in [2.45, 2.75) is 19.4 Å². The van der Waals surface area contributed by atoms with Crippen LogP contribution in [-0.2, 0) is 4.79 Å². The van der Waals surface area contributed by atoms with Gasteiger partial charge in [0.15, 0.2) is 0 Å². The Labute approximate surface area is 113 Å². The summed E-state index contributed by atoms with van der Waals surface area (Å²) >= 11 is 0. The summed E-state index contributed by atoms with van der Waals surface area (Å²) in [6.07, 6.45) is 3.05. The number of carbonyl (C=O) groups excluding carboxylic acids is 1. The van der Waals surface area contributed by atoms with E-state index in [0.717, 1.165) is 5.56 Å². The van der Waals surface area contributed by atoms with E-state index in [1.807, 2.05) is 0 Å². The number of nitrogens with one attached hydrogen (secondary N) is 1. The van der Waals surface area contributed by atoms with E-state index in [0.29, 0.717) is 11.4 Å². The Balaban J connectivity index is 2.71. The molecule has 19 heavy (non-hydrogen) atoms. The van der Waals surface area contributed by atoms with Crippen LogP contribution >= 0.6 is 0 Å². The minimum atomic E-state index is -0.639. The zero-order chi connectivity index (χ0) is 14.5. The minimum Gasteiger partial charge on any atom is -0.495 e. The summed E-state index contributed by atoms with van der Waals surface area (Å²) in [7, 11) is 1.55. The Bertz CT molecular complexity index is 482. The highest BCUT2D eigenvalue weighted by Gasteiger charge is 2.17. The van der Waals surface area contributed by atoms with Gasteiger partial charge in [0.05, 0.1) is 24.9 Å².